The molecule has 1 unspecified atom stereocenters. The monoisotopic (exact) mass is 396 g/mol. The van der Waals surface area contributed by atoms with Crippen LogP contribution in [0.2, 0.25) is 0 Å². The van der Waals surface area contributed by atoms with Gasteiger partial charge in [-0.1, -0.05) is 6.07 Å². The van der Waals surface area contributed by atoms with Gasteiger partial charge in [-0.15, -0.1) is 0 Å². The third-order valence-electron chi connectivity index (χ3n) is 4.31. The highest BCUT2D eigenvalue weighted by atomic mass is 32.2. The zero-order chi connectivity index (χ0) is 20.2. The number of halogens is 1. The van der Waals surface area contributed by atoms with Gasteiger partial charge >= 0.3 is 0 Å². The zero-order valence-corrected chi connectivity index (χ0v) is 16.9. The predicted octanol–water partition coefficient (Wildman–Crippen LogP) is 2.73. The summed E-state index contributed by atoms with van der Waals surface area (Å²) in [6.45, 7) is 1.71. The highest BCUT2D eigenvalue weighted by Gasteiger charge is 2.22. The van der Waals surface area contributed by atoms with Gasteiger partial charge in [0.05, 0.1) is 19.1 Å². The highest BCUT2D eigenvalue weighted by molar-refractivity contribution is 7.89. The van der Waals surface area contributed by atoms with Crippen molar-refractivity contribution in [3.8, 4) is 11.5 Å². The minimum Gasteiger partial charge on any atom is -0.493 e. The van der Waals surface area contributed by atoms with Crippen LogP contribution < -0.4 is 14.2 Å². The molecular weight excluding hydrogens is 371 g/mol. The second-order valence-corrected chi connectivity index (χ2v) is 8.09. The van der Waals surface area contributed by atoms with E-state index >= 15 is 0 Å². The molecule has 0 saturated carbocycles. The Kier molecular flexibility index (Phi) is 6.80. The third-order valence-corrected chi connectivity index (χ3v) is 5.89. The normalized spacial score (nSPS) is 12.9. The third kappa shape index (κ3) is 4.97. The van der Waals surface area contributed by atoms with E-state index in [2.05, 4.69) is 4.72 Å². The van der Waals surface area contributed by atoms with Crippen molar-refractivity contribution >= 4 is 10.0 Å². The smallest absolute Gasteiger partial charge is 0.240 e. The van der Waals surface area contributed by atoms with E-state index in [9.17, 15) is 12.8 Å². The number of likely N-dealkylation sites (N-methyl/N-ethyl adjacent to an activating group) is 1. The van der Waals surface area contributed by atoms with E-state index in [1.165, 1.54) is 12.1 Å². The number of methoxy groups -OCH3 is 2. The van der Waals surface area contributed by atoms with Gasteiger partial charge in [-0.05, 0) is 62.5 Å². The number of benzene rings is 2. The Balaban J connectivity index is 2.26. The minimum atomic E-state index is -3.77. The standard InChI is InChI=1S/C19H25FN2O4S/c1-13-10-15(20)7-9-19(13)27(23,24)21-12-16(22(2)3)14-6-8-17(25-4)18(11-14)26-5/h6-11,16,21H,12H2,1-5H3. The van der Waals surface area contributed by atoms with E-state index in [0.29, 0.717) is 17.1 Å². The molecule has 8 heteroatoms. The van der Waals surface area contributed by atoms with Crippen molar-refractivity contribution in [3.05, 3.63) is 53.3 Å². The summed E-state index contributed by atoms with van der Waals surface area (Å²) in [7, 11) is 3.05. The zero-order valence-electron chi connectivity index (χ0n) is 16.1. The number of sulfonamides is 1. The van der Waals surface area contributed by atoms with Crippen LogP contribution in [-0.4, -0.2) is 48.2 Å². The summed E-state index contributed by atoms with van der Waals surface area (Å²) in [4.78, 5) is 1.97. The fourth-order valence-corrected chi connectivity index (χ4v) is 4.10. The molecule has 0 aliphatic rings. The van der Waals surface area contributed by atoms with Crippen molar-refractivity contribution < 1.29 is 22.3 Å². The van der Waals surface area contributed by atoms with Crippen molar-refractivity contribution in [2.24, 2.45) is 0 Å². The number of rotatable bonds is 8. The summed E-state index contributed by atoms with van der Waals surface area (Å²) in [6, 6.07) is 8.84. The second-order valence-electron chi connectivity index (χ2n) is 6.36. The SMILES string of the molecule is COc1ccc(C(CNS(=O)(=O)c2ccc(F)cc2C)N(C)C)cc1OC. The molecule has 0 fully saturated rings. The largest absolute Gasteiger partial charge is 0.493 e. The first kappa shape index (κ1) is 21.1. The van der Waals surface area contributed by atoms with Crippen molar-refractivity contribution in [1.82, 2.24) is 9.62 Å². The molecule has 148 valence electrons. The van der Waals surface area contributed by atoms with E-state index in [-0.39, 0.29) is 17.5 Å². The quantitative estimate of drug-likeness (QED) is 0.743. The van der Waals surface area contributed by atoms with E-state index in [1.807, 2.05) is 31.1 Å². The summed E-state index contributed by atoms with van der Waals surface area (Å²) >= 11 is 0. The maximum Gasteiger partial charge on any atom is 0.240 e. The van der Waals surface area contributed by atoms with Gasteiger partial charge in [0.1, 0.15) is 5.82 Å². The van der Waals surface area contributed by atoms with Crippen molar-refractivity contribution in [1.29, 1.82) is 0 Å². The van der Waals surface area contributed by atoms with Crippen LogP contribution in [0.4, 0.5) is 4.39 Å². The molecular formula is C19H25FN2O4S. The van der Waals surface area contributed by atoms with Gasteiger partial charge in [-0.3, -0.25) is 0 Å². The summed E-state index contributed by atoms with van der Waals surface area (Å²) in [5.41, 5.74) is 1.23. The molecule has 2 rings (SSSR count). The number of nitrogens with one attached hydrogen (secondary N) is 1. The van der Waals surface area contributed by atoms with E-state index in [4.69, 9.17) is 9.47 Å². The van der Waals surface area contributed by atoms with Crippen LogP contribution >= 0.6 is 0 Å². The predicted molar refractivity (Wildman–Crippen MR) is 102 cm³/mol. The van der Waals surface area contributed by atoms with E-state index < -0.39 is 15.8 Å². The number of nitrogens with zero attached hydrogens (tertiary/aromatic N) is 1. The molecule has 2 aromatic rings. The number of ether oxygens (including phenoxy) is 2. The first-order valence-electron chi connectivity index (χ1n) is 8.33. The lowest BCUT2D eigenvalue weighted by molar-refractivity contribution is 0.297. The molecule has 0 radical (unpaired) electrons. The average molecular weight is 396 g/mol. The van der Waals surface area contributed by atoms with Crippen LogP contribution in [0.5, 0.6) is 11.5 Å². The number of aryl methyl sites for hydroxylation is 1. The van der Waals surface area contributed by atoms with Gasteiger partial charge in [0.2, 0.25) is 10.0 Å². The molecule has 0 heterocycles. The molecule has 0 aliphatic carbocycles. The van der Waals surface area contributed by atoms with Gasteiger partial charge < -0.3 is 14.4 Å². The highest BCUT2D eigenvalue weighted by Crippen LogP contribution is 2.31. The summed E-state index contributed by atoms with van der Waals surface area (Å²) < 4.78 is 51.8. The molecule has 0 bridgehead atoms. The van der Waals surface area contributed by atoms with Crippen LogP contribution in [0, 0.1) is 12.7 Å². The fourth-order valence-electron chi connectivity index (χ4n) is 2.84. The summed E-state index contributed by atoms with van der Waals surface area (Å²) in [6.07, 6.45) is 0. The van der Waals surface area contributed by atoms with Crippen LogP contribution in [0.1, 0.15) is 17.2 Å². The average Bonchev–Trinajstić information content (AvgIpc) is 2.60. The lowest BCUT2D eigenvalue weighted by Gasteiger charge is -2.26. The molecule has 2 aromatic carbocycles. The van der Waals surface area contributed by atoms with Gasteiger partial charge in [-0.25, -0.2) is 17.5 Å². The van der Waals surface area contributed by atoms with Crippen LogP contribution in [0.25, 0.3) is 0 Å². The molecule has 1 N–H and O–H groups in total. The molecule has 0 amide bonds. The molecule has 0 aliphatic heterocycles. The Morgan fingerprint density at radius 2 is 1.74 bits per heavy atom. The molecule has 0 saturated heterocycles. The maximum absolute atomic E-state index is 13.3. The van der Waals surface area contributed by atoms with E-state index in [0.717, 1.165) is 11.6 Å². The Labute approximate surface area is 160 Å². The van der Waals surface area contributed by atoms with Crippen LogP contribution in [0.3, 0.4) is 0 Å². The molecule has 27 heavy (non-hydrogen) atoms. The molecule has 0 aromatic heterocycles. The van der Waals surface area contributed by atoms with Crippen molar-refractivity contribution in [3.63, 3.8) is 0 Å². The lowest BCUT2D eigenvalue weighted by Crippen LogP contribution is -2.34. The van der Waals surface area contributed by atoms with Gasteiger partial charge in [0.15, 0.2) is 11.5 Å². The van der Waals surface area contributed by atoms with Crippen LogP contribution in [0.15, 0.2) is 41.3 Å². The number of hydrogen-bond donors (Lipinski definition) is 1. The molecule has 1 atom stereocenters. The Bertz CT molecular complexity index is 901. The topological polar surface area (TPSA) is 67.9 Å². The second kappa shape index (κ2) is 8.69. The Morgan fingerprint density at radius 3 is 2.30 bits per heavy atom. The van der Waals surface area contributed by atoms with Crippen molar-refractivity contribution in [2.45, 2.75) is 17.9 Å². The lowest BCUT2D eigenvalue weighted by atomic mass is 10.1. The number of hydrogen-bond acceptors (Lipinski definition) is 5. The maximum atomic E-state index is 13.3. The first-order chi connectivity index (χ1) is 12.7. The minimum absolute atomic E-state index is 0.0636. The Hall–Kier alpha value is -2.16. The summed E-state index contributed by atoms with van der Waals surface area (Å²) in [5, 5.41) is 0. The van der Waals surface area contributed by atoms with Gasteiger partial charge in [0.25, 0.3) is 0 Å². The van der Waals surface area contributed by atoms with Crippen LogP contribution in [-0.2, 0) is 10.0 Å². The van der Waals surface area contributed by atoms with E-state index in [1.54, 1.807) is 27.2 Å². The van der Waals surface area contributed by atoms with Gasteiger partial charge in [0, 0.05) is 12.6 Å². The fraction of sp³-hybridized carbons (Fsp3) is 0.368. The Morgan fingerprint density at radius 1 is 1.07 bits per heavy atom. The first-order valence-corrected chi connectivity index (χ1v) is 9.82. The molecule has 6 nitrogen and oxygen atoms in total. The molecule has 0 spiro atoms. The summed E-state index contributed by atoms with van der Waals surface area (Å²) in [5.74, 6) is 0.698. The van der Waals surface area contributed by atoms with Gasteiger partial charge in [-0.2, -0.15) is 0 Å². The van der Waals surface area contributed by atoms with Crippen molar-refractivity contribution in [2.75, 3.05) is 34.9 Å².